The van der Waals surface area contributed by atoms with Crippen molar-refractivity contribution in [3.63, 3.8) is 0 Å². The highest BCUT2D eigenvalue weighted by Crippen LogP contribution is 2.19. The molecule has 0 bridgehead atoms. The lowest BCUT2D eigenvalue weighted by molar-refractivity contribution is -0.143. The number of ether oxygens (including phenoxy) is 1. The van der Waals surface area contributed by atoms with Gasteiger partial charge >= 0.3 is 5.97 Å². The summed E-state index contributed by atoms with van der Waals surface area (Å²) in [6.07, 6.45) is 82.6. The van der Waals surface area contributed by atoms with Gasteiger partial charge in [0.1, 0.15) is 0 Å². The number of rotatable bonds is 65. The summed E-state index contributed by atoms with van der Waals surface area (Å²) in [5, 5.41) is 23.1. The zero-order valence-electron chi connectivity index (χ0n) is 51.5. The fourth-order valence-corrected chi connectivity index (χ4v) is 10.9. The molecule has 6 heteroatoms. The average molecular weight is 1070 g/mol. The van der Waals surface area contributed by atoms with E-state index in [0.717, 1.165) is 44.9 Å². The Hall–Kier alpha value is -1.66. The first kappa shape index (κ1) is 74.3. The van der Waals surface area contributed by atoms with Crippen LogP contribution in [0.2, 0.25) is 0 Å². The number of allylic oxidation sites excluding steroid dienone is 3. The van der Waals surface area contributed by atoms with E-state index >= 15 is 0 Å². The van der Waals surface area contributed by atoms with Gasteiger partial charge in [-0.15, -0.1) is 0 Å². The van der Waals surface area contributed by atoms with Gasteiger partial charge in [-0.05, 0) is 57.8 Å². The van der Waals surface area contributed by atoms with Crippen LogP contribution in [0.15, 0.2) is 24.3 Å². The number of nitrogens with one attached hydrogen (secondary N) is 1. The Morgan fingerprint density at radius 3 is 0.934 bits per heavy atom. The van der Waals surface area contributed by atoms with Crippen LogP contribution >= 0.6 is 0 Å². The summed E-state index contributed by atoms with van der Waals surface area (Å²) in [6.45, 7) is 4.92. The number of amides is 1. The second-order valence-electron chi connectivity index (χ2n) is 23.9. The van der Waals surface area contributed by atoms with Gasteiger partial charge in [0.25, 0.3) is 0 Å². The molecule has 0 fully saturated rings. The van der Waals surface area contributed by atoms with Crippen LogP contribution in [0, 0.1) is 0 Å². The molecule has 450 valence electrons. The van der Waals surface area contributed by atoms with Crippen molar-refractivity contribution in [3.05, 3.63) is 24.3 Å². The topological polar surface area (TPSA) is 95.9 Å². The van der Waals surface area contributed by atoms with E-state index in [1.165, 1.54) is 315 Å². The molecule has 0 saturated carbocycles. The monoisotopic (exact) mass is 1070 g/mol. The number of hydrogen-bond donors (Lipinski definition) is 3. The Labute approximate surface area is 475 Å². The van der Waals surface area contributed by atoms with Crippen molar-refractivity contribution in [3.8, 4) is 0 Å². The van der Waals surface area contributed by atoms with E-state index in [1.54, 1.807) is 6.08 Å². The van der Waals surface area contributed by atoms with Gasteiger partial charge in [0.05, 0.1) is 25.4 Å². The predicted molar refractivity (Wildman–Crippen MR) is 333 cm³/mol. The maximum Gasteiger partial charge on any atom is 0.305 e. The van der Waals surface area contributed by atoms with E-state index in [0.29, 0.717) is 19.4 Å². The second kappa shape index (κ2) is 65.9. The van der Waals surface area contributed by atoms with Gasteiger partial charge in [0, 0.05) is 12.8 Å². The van der Waals surface area contributed by atoms with Crippen LogP contribution < -0.4 is 5.32 Å². The van der Waals surface area contributed by atoms with Gasteiger partial charge in [-0.2, -0.15) is 0 Å². The molecule has 3 N–H and O–H groups in total. The molecule has 0 aliphatic carbocycles. The van der Waals surface area contributed by atoms with Crippen LogP contribution in [0.25, 0.3) is 0 Å². The molecule has 0 aromatic rings. The van der Waals surface area contributed by atoms with E-state index < -0.39 is 12.1 Å². The van der Waals surface area contributed by atoms with Gasteiger partial charge in [0.15, 0.2) is 0 Å². The van der Waals surface area contributed by atoms with Gasteiger partial charge in [-0.25, -0.2) is 0 Å². The molecule has 0 rings (SSSR count). The lowest BCUT2D eigenvalue weighted by Crippen LogP contribution is -2.45. The third-order valence-electron chi connectivity index (χ3n) is 16.2. The maximum atomic E-state index is 12.5. The molecule has 76 heavy (non-hydrogen) atoms. The molecular formula is C70H135NO5. The Balaban J connectivity index is 3.33. The van der Waals surface area contributed by atoms with Crippen LogP contribution in [0.4, 0.5) is 0 Å². The highest BCUT2D eigenvalue weighted by molar-refractivity contribution is 5.76. The van der Waals surface area contributed by atoms with E-state index in [9.17, 15) is 19.8 Å². The highest BCUT2D eigenvalue weighted by atomic mass is 16.5. The van der Waals surface area contributed by atoms with E-state index in [4.69, 9.17) is 4.74 Å². The summed E-state index contributed by atoms with van der Waals surface area (Å²) in [4.78, 5) is 24.5. The quantitative estimate of drug-likeness (QED) is 0.0320. The molecule has 0 radical (unpaired) electrons. The van der Waals surface area contributed by atoms with Crippen molar-refractivity contribution in [2.24, 2.45) is 0 Å². The molecule has 0 heterocycles. The van der Waals surface area contributed by atoms with E-state index in [1.807, 2.05) is 6.08 Å². The number of carbonyl (C=O) groups is 2. The number of aliphatic hydroxyl groups is 2. The van der Waals surface area contributed by atoms with Gasteiger partial charge in [0.2, 0.25) is 5.91 Å². The lowest BCUT2D eigenvalue weighted by Gasteiger charge is -2.20. The zero-order valence-corrected chi connectivity index (χ0v) is 51.5. The minimum absolute atomic E-state index is 0.0123. The third kappa shape index (κ3) is 61.6. The molecule has 2 unspecified atom stereocenters. The summed E-state index contributed by atoms with van der Waals surface area (Å²) in [6, 6.07) is -0.624. The molecule has 0 aliphatic rings. The molecule has 0 spiro atoms. The maximum absolute atomic E-state index is 12.5. The summed E-state index contributed by atoms with van der Waals surface area (Å²) in [7, 11) is 0. The first-order chi connectivity index (χ1) is 37.5. The van der Waals surface area contributed by atoms with E-state index in [-0.39, 0.29) is 18.5 Å². The molecule has 1 amide bonds. The molecule has 2 atom stereocenters. The molecular weight excluding hydrogens is 935 g/mol. The summed E-state index contributed by atoms with van der Waals surface area (Å²) < 4.78 is 5.49. The lowest BCUT2D eigenvalue weighted by atomic mass is 10.0. The Kier molecular flexibility index (Phi) is 64.4. The number of hydrogen-bond acceptors (Lipinski definition) is 5. The van der Waals surface area contributed by atoms with Crippen molar-refractivity contribution >= 4 is 11.9 Å². The standard InChI is InChI=1S/C70H135NO5/c1-3-5-7-9-11-13-15-17-35-40-44-48-52-56-60-64-70(75)76-65-61-57-53-49-45-41-37-34-32-30-28-26-24-22-20-19-21-23-25-27-29-31-33-36-39-43-47-51-55-59-63-69(74)71-67(66-72)68(73)62-58-54-50-46-42-38-18-16-14-12-10-8-6-4-2/h17,35,58,62,67-68,72-73H,3-16,18-34,36-57,59-61,63-66H2,1-2H3,(H,71,74)/b35-17-,62-58+. The highest BCUT2D eigenvalue weighted by Gasteiger charge is 2.18. The normalized spacial score (nSPS) is 12.6. The fourth-order valence-electron chi connectivity index (χ4n) is 10.9. The van der Waals surface area contributed by atoms with Crippen molar-refractivity contribution in [1.82, 2.24) is 5.32 Å². The molecule has 6 nitrogen and oxygen atoms in total. The number of carbonyl (C=O) groups excluding carboxylic acids is 2. The molecule has 0 aromatic carbocycles. The fraction of sp³-hybridized carbons (Fsp3) is 0.914. The van der Waals surface area contributed by atoms with Crippen LogP contribution in [-0.2, 0) is 14.3 Å². The van der Waals surface area contributed by atoms with Gasteiger partial charge in [-0.1, -0.05) is 340 Å². The van der Waals surface area contributed by atoms with Crippen molar-refractivity contribution in [1.29, 1.82) is 0 Å². The Morgan fingerprint density at radius 2 is 0.618 bits per heavy atom. The van der Waals surface area contributed by atoms with Crippen molar-refractivity contribution < 1.29 is 24.5 Å². The molecule has 0 saturated heterocycles. The van der Waals surface area contributed by atoms with Crippen molar-refractivity contribution in [2.45, 2.75) is 398 Å². The SMILES string of the molecule is CCCCCCCC/C=C\CCCCCCCC(=O)OCCCCCCCCCCCCCCCCCCCCCCCCCCCCCCCCC(=O)NC(CO)C(O)/C=C/CCCCCCCCCCCCCC. The van der Waals surface area contributed by atoms with Crippen LogP contribution in [0.5, 0.6) is 0 Å². The van der Waals surface area contributed by atoms with Crippen LogP contribution in [-0.4, -0.2) is 47.4 Å². The number of aliphatic hydroxyl groups excluding tert-OH is 2. The number of unbranched alkanes of at least 4 members (excludes halogenated alkanes) is 52. The first-order valence-electron chi connectivity index (χ1n) is 34.6. The second-order valence-corrected chi connectivity index (χ2v) is 23.9. The van der Waals surface area contributed by atoms with E-state index in [2.05, 4.69) is 31.3 Å². The summed E-state index contributed by atoms with van der Waals surface area (Å²) in [5.74, 6) is -0.0498. The zero-order chi connectivity index (χ0) is 55.0. The Morgan fingerprint density at radius 1 is 0.355 bits per heavy atom. The van der Waals surface area contributed by atoms with Crippen LogP contribution in [0.3, 0.4) is 0 Å². The minimum Gasteiger partial charge on any atom is -0.466 e. The predicted octanol–water partition coefficient (Wildman–Crippen LogP) is 22.1. The smallest absolute Gasteiger partial charge is 0.305 e. The average Bonchev–Trinajstić information content (AvgIpc) is 3.42. The summed E-state index contributed by atoms with van der Waals surface area (Å²) in [5.41, 5.74) is 0. The first-order valence-corrected chi connectivity index (χ1v) is 34.6. The third-order valence-corrected chi connectivity index (χ3v) is 16.2. The van der Waals surface area contributed by atoms with Gasteiger partial charge in [-0.3, -0.25) is 9.59 Å². The minimum atomic E-state index is -0.841. The largest absolute Gasteiger partial charge is 0.466 e. The molecule has 0 aromatic heterocycles. The molecule has 0 aliphatic heterocycles. The van der Waals surface area contributed by atoms with Crippen molar-refractivity contribution in [2.75, 3.05) is 13.2 Å². The van der Waals surface area contributed by atoms with Crippen LogP contribution in [0.1, 0.15) is 386 Å². The summed E-state index contributed by atoms with van der Waals surface area (Å²) >= 11 is 0. The van der Waals surface area contributed by atoms with Gasteiger partial charge < -0.3 is 20.3 Å². The Bertz CT molecular complexity index is 1190. The number of esters is 1.